The van der Waals surface area contributed by atoms with E-state index in [4.69, 9.17) is 9.72 Å². The van der Waals surface area contributed by atoms with Crippen LogP contribution in [0.4, 0.5) is 14.6 Å². The van der Waals surface area contributed by atoms with Gasteiger partial charge in [0, 0.05) is 25.6 Å². The smallest absolute Gasteiger partial charge is 0.266 e. The van der Waals surface area contributed by atoms with Crippen LogP contribution in [-0.2, 0) is 17.8 Å². The van der Waals surface area contributed by atoms with Gasteiger partial charge >= 0.3 is 0 Å². The zero-order valence-corrected chi connectivity index (χ0v) is 15.3. The third-order valence-electron chi connectivity index (χ3n) is 5.32. The highest BCUT2D eigenvalue weighted by Gasteiger charge is 2.40. The van der Waals surface area contributed by atoms with Crippen molar-refractivity contribution < 1.29 is 13.5 Å². The molecule has 2 aliphatic rings. The summed E-state index contributed by atoms with van der Waals surface area (Å²) >= 11 is 0. The van der Waals surface area contributed by atoms with Gasteiger partial charge in [0.2, 0.25) is 0 Å². The third-order valence-corrected chi connectivity index (χ3v) is 5.32. The van der Waals surface area contributed by atoms with Gasteiger partial charge in [-0.2, -0.15) is 0 Å². The van der Waals surface area contributed by atoms with Crippen LogP contribution in [0.2, 0.25) is 0 Å². The third kappa shape index (κ3) is 3.05. The summed E-state index contributed by atoms with van der Waals surface area (Å²) < 4.78 is 33.3. The molecule has 0 spiro atoms. The molecule has 0 saturated carbocycles. The maximum atomic E-state index is 13.9. The average Bonchev–Trinajstić information content (AvgIpc) is 3.30. The standard InChI is InChI=1S/C21H20F2N4O/c22-21(23)8-10-27(13-21)20-18(19-25-16-7-11-28-12-17(16)26-19)15(6-9-24-20)14-4-2-1-3-5-14/h1-6,9H,7-8,10-13H2,(H,25,26). The number of H-pyrrole nitrogens is 1. The minimum absolute atomic E-state index is 0.161. The predicted molar refractivity (Wildman–Crippen MR) is 102 cm³/mol. The molecule has 144 valence electrons. The number of halogens is 2. The van der Waals surface area contributed by atoms with Gasteiger partial charge in [0.15, 0.2) is 0 Å². The zero-order chi connectivity index (χ0) is 19.1. The summed E-state index contributed by atoms with van der Waals surface area (Å²) in [6, 6.07) is 11.8. The van der Waals surface area contributed by atoms with Gasteiger partial charge in [-0.1, -0.05) is 30.3 Å². The van der Waals surface area contributed by atoms with Crippen LogP contribution < -0.4 is 4.90 Å². The molecule has 0 atom stereocenters. The predicted octanol–water partition coefficient (Wildman–Crippen LogP) is 4.06. The number of nitrogens with zero attached hydrogens (tertiary/aromatic N) is 3. The van der Waals surface area contributed by atoms with E-state index in [9.17, 15) is 8.78 Å². The van der Waals surface area contributed by atoms with E-state index in [1.54, 1.807) is 11.1 Å². The molecule has 0 bridgehead atoms. The minimum atomic E-state index is -2.70. The molecule has 1 saturated heterocycles. The van der Waals surface area contributed by atoms with Gasteiger partial charge in [0.25, 0.3) is 5.92 Å². The number of nitrogens with one attached hydrogen (secondary N) is 1. The molecule has 2 aliphatic heterocycles. The molecule has 1 N–H and O–H groups in total. The van der Waals surface area contributed by atoms with E-state index in [-0.39, 0.29) is 19.5 Å². The molecule has 0 radical (unpaired) electrons. The molecule has 0 aliphatic carbocycles. The van der Waals surface area contributed by atoms with E-state index < -0.39 is 5.92 Å². The molecular formula is C21H20F2N4O. The first kappa shape index (κ1) is 17.3. The number of pyridine rings is 1. The average molecular weight is 382 g/mol. The number of aromatic nitrogens is 3. The molecular weight excluding hydrogens is 362 g/mol. The van der Waals surface area contributed by atoms with Gasteiger partial charge in [-0.05, 0) is 17.2 Å². The normalized spacial score (nSPS) is 18.3. The van der Waals surface area contributed by atoms with E-state index in [0.717, 1.165) is 34.5 Å². The minimum Gasteiger partial charge on any atom is -0.375 e. The highest BCUT2D eigenvalue weighted by molar-refractivity contribution is 5.88. The van der Waals surface area contributed by atoms with Gasteiger partial charge in [-0.15, -0.1) is 0 Å². The fraction of sp³-hybridized carbons (Fsp3) is 0.333. The molecule has 5 nitrogen and oxygen atoms in total. The molecule has 7 heteroatoms. The Morgan fingerprint density at radius 2 is 2.00 bits per heavy atom. The fourth-order valence-electron chi connectivity index (χ4n) is 3.93. The van der Waals surface area contributed by atoms with Gasteiger partial charge in [-0.3, -0.25) is 0 Å². The molecule has 28 heavy (non-hydrogen) atoms. The highest BCUT2D eigenvalue weighted by Crippen LogP contribution is 2.40. The van der Waals surface area contributed by atoms with Gasteiger partial charge < -0.3 is 14.6 Å². The molecule has 5 rings (SSSR count). The summed E-state index contributed by atoms with van der Waals surface area (Å²) in [7, 11) is 0. The van der Waals surface area contributed by atoms with E-state index >= 15 is 0 Å². The molecule has 2 aromatic heterocycles. The summed E-state index contributed by atoms with van der Waals surface area (Å²) in [4.78, 5) is 14.3. The van der Waals surface area contributed by atoms with Crippen LogP contribution in [0.25, 0.3) is 22.5 Å². The topological polar surface area (TPSA) is 54.0 Å². The lowest BCUT2D eigenvalue weighted by molar-refractivity contribution is 0.0257. The summed E-state index contributed by atoms with van der Waals surface area (Å²) in [5, 5.41) is 0. The number of alkyl halides is 2. The Morgan fingerprint density at radius 1 is 1.14 bits per heavy atom. The van der Waals surface area contributed by atoms with Crippen molar-refractivity contribution in [3.05, 3.63) is 54.0 Å². The highest BCUT2D eigenvalue weighted by atomic mass is 19.3. The van der Waals surface area contributed by atoms with Crippen molar-refractivity contribution in [2.24, 2.45) is 0 Å². The molecule has 4 heterocycles. The Bertz CT molecular complexity index is 979. The SMILES string of the molecule is FC1(F)CCN(c2nccc(-c3ccccc3)c2-c2nc3c([nH]2)COCC3)C1. The van der Waals surface area contributed by atoms with Gasteiger partial charge in [0.05, 0.1) is 36.7 Å². The maximum absolute atomic E-state index is 13.9. The summed E-state index contributed by atoms with van der Waals surface area (Å²) in [5.41, 5.74) is 4.61. The quantitative estimate of drug-likeness (QED) is 0.742. The monoisotopic (exact) mass is 382 g/mol. The van der Waals surface area contributed by atoms with Crippen molar-refractivity contribution >= 4 is 5.82 Å². The largest absolute Gasteiger partial charge is 0.375 e. The van der Waals surface area contributed by atoms with Crippen molar-refractivity contribution in [2.45, 2.75) is 25.4 Å². The molecule has 0 amide bonds. The van der Waals surface area contributed by atoms with Crippen LogP contribution in [0.15, 0.2) is 42.6 Å². The van der Waals surface area contributed by atoms with Crippen molar-refractivity contribution in [2.75, 3.05) is 24.6 Å². The van der Waals surface area contributed by atoms with Crippen LogP contribution >= 0.6 is 0 Å². The van der Waals surface area contributed by atoms with Gasteiger partial charge in [-0.25, -0.2) is 18.7 Å². The van der Waals surface area contributed by atoms with Crippen molar-refractivity contribution in [3.63, 3.8) is 0 Å². The fourth-order valence-corrected chi connectivity index (χ4v) is 3.93. The molecule has 0 unspecified atom stereocenters. The molecule has 1 aromatic carbocycles. The van der Waals surface area contributed by atoms with Crippen molar-refractivity contribution in [1.82, 2.24) is 15.0 Å². The van der Waals surface area contributed by atoms with Crippen molar-refractivity contribution in [1.29, 1.82) is 0 Å². The van der Waals surface area contributed by atoms with Crippen LogP contribution in [0.5, 0.6) is 0 Å². The van der Waals surface area contributed by atoms with Crippen LogP contribution in [0.1, 0.15) is 17.8 Å². The number of hydrogen-bond acceptors (Lipinski definition) is 4. The van der Waals surface area contributed by atoms with E-state index in [1.807, 2.05) is 36.4 Å². The first-order chi connectivity index (χ1) is 13.6. The Kier molecular flexibility index (Phi) is 4.12. The lowest BCUT2D eigenvalue weighted by atomic mass is 10.00. The molecule has 3 aromatic rings. The number of hydrogen-bond donors (Lipinski definition) is 1. The number of fused-ring (bicyclic) bond motifs is 1. The van der Waals surface area contributed by atoms with E-state index in [2.05, 4.69) is 9.97 Å². The number of ether oxygens (including phenoxy) is 1. The molecule has 1 fully saturated rings. The number of anilines is 1. The first-order valence-corrected chi connectivity index (χ1v) is 9.44. The number of aromatic amines is 1. The Morgan fingerprint density at radius 3 is 2.75 bits per heavy atom. The Labute approximate surface area is 161 Å². The van der Waals surface area contributed by atoms with E-state index in [1.165, 1.54) is 0 Å². The Balaban J connectivity index is 1.69. The second kappa shape index (κ2) is 6.67. The Hall–Kier alpha value is -2.80. The van der Waals surface area contributed by atoms with Gasteiger partial charge in [0.1, 0.15) is 11.6 Å². The van der Waals surface area contributed by atoms with E-state index in [0.29, 0.717) is 24.9 Å². The first-order valence-electron chi connectivity index (χ1n) is 9.44. The van der Waals surface area contributed by atoms with Crippen molar-refractivity contribution in [3.8, 4) is 22.5 Å². The second-order valence-corrected chi connectivity index (χ2v) is 7.26. The lowest BCUT2D eigenvalue weighted by Crippen LogP contribution is -2.26. The summed E-state index contributed by atoms with van der Waals surface area (Å²) in [6.45, 7) is 1.07. The van der Waals surface area contributed by atoms with Crippen LogP contribution in [-0.4, -0.2) is 40.6 Å². The van der Waals surface area contributed by atoms with Crippen LogP contribution in [0, 0.1) is 0 Å². The number of rotatable bonds is 3. The number of benzene rings is 1. The lowest BCUT2D eigenvalue weighted by Gasteiger charge is -2.21. The maximum Gasteiger partial charge on any atom is 0.266 e. The summed E-state index contributed by atoms with van der Waals surface area (Å²) in [5.74, 6) is -1.49. The summed E-state index contributed by atoms with van der Waals surface area (Å²) in [6.07, 6.45) is 2.26. The van der Waals surface area contributed by atoms with Crippen LogP contribution in [0.3, 0.4) is 0 Å². The number of imidazole rings is 1. The second-order valence-electron chi connectivity index (χ2n) is 7.26. The zero-order valence-electron chi connectivity index (χ0n) is 15.3.